The van der Waals surface area contributed by atoms with Crippen molar-refractivity contribution >= 4 is 0 Å². The molecule has 6 aromatic heterocycles. The van der Waals surface area contributed by atoms with Crippen LogP contribution in [-0.2, 0) is 134 Å². The third-order valence-corrected chi connectivity index (χ3v) is 7.37. The van der Waals surface area contributed by atoms with Crippen LogP contribution in [0.3, 0.4) is 0 Å². The molecule has 0 bridgehead atoms. The largest absolute Gasteiger partial charge is 0.358 e. The van der Waals surface area contributed by atoms with E-state index in [0.717, 1.165) is 55.6 Å². The van der Waals surface area contributed by atoms with Gasteiger partial charge in [0, 0.05) is 245 Å². The topological polar surface area (TPSA) is 77.3 Å². The monoisotopic (exact) mass is 2170 g/mol. The van der Waals surface area contributed by atoms with E-state index in [0.29, 0.717) is 0 Å². The van der Waals surface area contributed by atoms with Crippen LogP contribution < -0.4 is 0 Å². The summed E-state index contributed by atoms with van der Waals surface area (Å²) in [5, 5.41) is 0. The number of hydrogen-bond acceptors (Lipinski definition) is 6. The summed E-state index contributed by atoms with van der Waals surface area (Å²) in [5.74, 6) is 0. The van der Waals surface area contributed by atoms with Crippen LogP contribution in [-0.4, -0.2) is 29.9 Å². The van der Waals surface area contributed by atoms with E-state index in [1.807, 2.05) is 57.2 Å². The Morgan fingerprint density at radius 2 is 0.650 bits per heavy atom. The minimum absolute atomic E-state index is 0. The summed E-state index contributed by atoms with van der Waals surface area (Å²) in [6.07, 6.45) is -11.3. The second-order valence-electron chi connectivity index (χ2n) is 12.1. The maximum atomic E-state index is 12.7. The summed E-state index contributed by atoms with van der Waals surface area (Å²) >= 11 is 0. The maximum absolute atomic E-state index is 12.7. The van der Waals surface area contributed by atoms with Crippen molar-refractivity contribution in [2.24, 2.45) is 0 Å². The van der Waals surface area contributed by atoms with Gasteiger partial charge in [-0.1, -0.05) is 62.8 Å². The number of aryl methyl sites for hydroxylation is 5. The standard InChI is InChI=1S/C10H9F6N.C7H5F4N.C7H9N.2C6H5F2N.C6H7N.6CH4.6CH3.6Ta/c1-3-5(8(11)12)7(10(15)16)6(9(13)14)4(2)17-3;8-6(9)4-1-5(7(10)11)3-12-2-4;1-6-4-3-5-7(2)8-6;7-6(8)5-1-3-9-4-2-5;7-6(8)5-2-1-3-9-4-5;1-6-4-2-3-5-7-6;;;;;;;;;;;;;;;;;;/h8-10H,1-2H3;1-3,6-7H;3-5H,1-2H3;2*1-4,6H;2-5H,1H3;6*1H4;6*1H3;;;;;;/q;;;;;;;;;;;;6*-1;;;;;;. The molecule has 462 valence electrons. The zero-order valence-electron chi connectivity index (χ0n) is 42.1. The van der Waals surface area contributed by atoms with Gasteiger partial charge in [0.1, 0.15) is 0 Å². The predicted octanol–water partition coefficient (Wildman–Crippen LogP) is 21.1. The first-order valence-electron chi connectivity index (χ1n) is 17.7. The molecule has 0 atom stereocenters. The van der Waals surface area contributed by atoms with E-state index in [4.69, 9.17) is 0 Å². The molecule has 0 aliphatic heterocycles. The van der Waals surface area contributed by atoms with Crippen molar-refractivity contribution < 1.29 is 196 Å². The molecule has 0 amide bonds. The first-order valence-corrected chi connectivity index (χ1v) is 17.7. The van der Waals surface area contributed by atoms with Crippen molar-refractivity contribution in [3.8, 4) is 0 Å². The molecule has 0 saturated heterocycles. The number of pyridine rings is 6. The number of rotatable bonds is 7. The summed E-state index contributed by atoms with van der Waals surface area (Å²) in [4.78, 5) is 22.0. The summed E-state index contributed by atoms with van der Waals surface area (Å²) in [7, 11) is 0. The number of nitrogens with zero attached hydrogens (tertiary/aromatic N) is 6. The predicted molar refractivity (Wildman–Crippen MR) is 283 cm³/mol. The minimum Gasteiger partial charge on any atom is -0.358 e. The van der Waals surface area contributed by atoms with Crippen molar-refractivity contribution in [3.05, 3.63) is 222 Å². The Morgan fingerprint density at radius 1 is 0.300 bits per heavy atom. The SMILES string of the molecule is C.C.C.C.C.C.Cc1cccc(C)n1.Cc1ccccn1.Cc1nc(C)c(C(F)F)c(C(F)F)c1C(F)F.FC(F)c1cccnc1.FC(F)c1ccncc1.FC(F)c1cncc(C(F)F)c1.[CH3-].[CH3-].[CH3-].[CH3-].[CH3-].[CH3-].[Ta].[Ta].[Ta].[Ta].[Ta].[Ta]. The molecule has 6 heterocycles. The smallest absolute Gasteiger partial charge is 0.266 e. The normalized spacial score (nSPS) is 8.18. The third-order valence-electron chi connectivity index (χ3n) is 7.37. The van der Waals surface area contributed by atoms with Gasteiger partial charge in [0.15, 0.2) is 0 Å². The molecule has 26 heteroatoms. The van der Waals surface area contributed by atoms with Gasteiger partial charge in [0.05, 0.1) is 0 Å². The van der Waals surface area contributed by atoms with Crippen LogP contribution >= 0.6 is 0 Å². The van der Waals surface area contributed by atoms with E-state index in [1.54, 1.807) is 6.20 Å². The third kappa shape index (κ3) is 53.1. The Kier molecular flexibility index (Phi) is 115. The van der Waals surface area contributed by atoms with E-state index in [2.05, 4.69) is 29.9 Å². The van der Waals surface area contributed by atoms with E-state index in [1.165, 1.54) is 42.9 Å². The van der Waals surface area contributed by atoms with Crippen molar-refractivity contribution in [2.75, 3.05) is 0 Å². The van der Waals surface area contributed by atoms with Gasteiger partial charge in [-0.2, -0.15) is 0 Å². The van der Waals surface area contributed by atoms with Crippen LogP contribution in [0.5, 0.6) is 0 Å². The van der Waals surface area contributed by atoms with Gasteiger partial charge < -0.3 is 44.6 Å². The fourth-order valence-corrected chi connectivity index (χ4v) is 4.55. The number of aromatic nitrogens is 6. The number of alkyl halides is 14. The van der Waals surface area contributed by atoms with Crippen LogP contribution in [0.4, 0.5) is 61.5 Å². The molecule has 6 nitrogen and oxygen atoms in total. The molecule has 0 spiro atoms. The summed E-state index contributed by atoms with van der Waals surface area (Å²) in [6, 6.07) is 18.0. The van der Waals surface area contributed by atoms with Gasteiger partial charge >= 0.3 is 0 Å². The van der Waals surface area contributed by atoms with E-state index >= 15 is 0 Å². The number of halogens is 14. The zero-order valence-corrected chi connectivity index (χ0v) is 61.4. The Bertz CT molecular complexity index is 2040. The first kappa shape index (κ1) is 129. The van der Waals surface area contributed by atoms with Gasteiger partial charge in [-0.3, -0.25) is 29.9 Å². The molecule has 6 aromatic rings. The second kappa shape index (κ2) is 71.6. The molecule has 6 rings (SSSR count). The average molecular weight is 2170 g/mol. The summed E-state index contributed by atoms with van der Waals surface area (Å²) in [5.41, 5.74) is -1.91. The summed E-state index contributed by atoms with van der Waals surface area (Å²) in [6.45, 7) is 8.14. The van der Waals surface area contributed by atoms with E-state index in [-0.39, 0.29) is 246 Å². The van der Waals surface area contributed by atoms with Crippen LogP contribution in [0.25, 0.3) is 0 Å². The fourth-order valence-electron chi connectivity index (χ4n) is 4.55. The Hall–Kier alpha value is -1.64. The second-order valence-corrected chi connectivity index (χ2v) is 12.1. The molecule has 80 heavy (non-hydrogen) atoms. The van der Waals surface area contributed by atoms with Gasteiger partial charge in [-0.05, 0) is 83.1 Å². The van der Waals surface area contributed by atoms with Crippen LogP contribution in [0.2, 0.25) is 0 Å². The van der Waals surface area contributed by atoms with Crippen LogP contribution in [0.1, 0.15) is 157 Å². The number of hydrogen-bond donors (Lipinski definition) is 0. The Morgan fingerprint density at radius 3 is 0.875 bits per heavy atom. The molecule has 0 aliphatic carbocycles. The molecule has 6 radical (unpaired) electrons. The van der Waals surface area contributed by atoms with Gasteiger partial charge in [-0.25, -0.2) is 61.5 Å². The van der Waals surface area contributed by atoms with Gasteiger partial charge in [0.2, 0.25) is 0 Å². The first-order chi connectivity index (χ1) is 29.2. The van der Waals surface area contributed by atoms with Crippen LogP contribution in [0.15, 0.2) is 110 Å². The quantitative estimate of drug-likeness (QED) is 0.117. The van der Waals surface area contributed by atoms with Crippen molar-refractivity contribution in [1.29, 1.82) is 0 Å². The summed E-state index contributed by atoms with van der Waals surface area (Å²) < 4.78 is 170. The van der Waals surface area contributed by atoms with Gasteiger partial charge in [-0.15, -0.1) is 0 Å². The van der Waals surface area contributed by atoms with E-state index in [9.17, 15) is 61.5 Å². The molecule has 0 aromatic carbocycles. The molecule has 0 saturated carbocycles. The molecule has 0 aliphatic rings. The Balaban J connectivity index is -0.0000000351. The van der Waals surface area contributed by atoms with Crippen molar-refractivity contribution in [1.82, 2.24) is 29.9 Å². The molecule has 0 N–H and O–H groups in total. The van der Waals surface area contributed by atoms with Crippen LogP contribution in [0, 0.1) is 79.2 Å². The Labute approximate surface area is 566 Å². The molecular formula is C54H82F14N6Ta6-6. The van der Waals surface area contributed by atoms with Crippen molar-refractivity contribution in [3.63, 3.8) is 0 Å². The molecular weight excluding hydrogens is 2080 g/mol. The average Bonchev–Trinajstić information content (AvgIpc) is 3.22. The molecule has 0 fully saturated rings. The zero-order chi connectivity index (χ0) is 46.9. The fraction of sp³-hybridized carbons (Fsp3) is 0.333. The minimum atomic E-state index is -3.39. The van der Waals surface area contributed by atoms with E-state index < -0.39 is 72.8 Å². The maximum Gasteiger partial charge on any atom is 0.266 e. The molecule has 0 unspecified atom stereocenters. The van der Waals surface area contributed by atoms with Crippen molar-refractivity contribution in [2.45, 2.75) is 124 Å². The van der Waals surface area contributed by atoms with Gasteiger partial charge in [0.25, 0.3) is 45.0 Å².